The number of hydrogen-bond acceptors (Lipinski definition) is 3. The Kier molecular flexibility index (Phi) is 4.33. The standard InChI is InChI=1S/C18H17Cl2N3/c1-21-16-10-22-17-14(11-7-12(19)9-13(20)8-11)5-4-6-15(17)18(16)23(2)3/h4-10,21H,1-3H3. The van der Waals surface area contributed by atoms with Crippen LogP contribution in [0.25, 0.3) is 22.0 Å². The van der Waals surface area contributed by atoms with Crippen LogP contribution in [0, 0.1) is 0 Å². The van der Waals surface area contributed by atoms with Crippen LogP contribution in [0.15, 0.2) is 42.6 Å². The fraction of sp³-hybridized carbons (Fsp3) is 0.167. The van der Waals surface area contributed by atoms with Crippen molar-refractivity contribution in [1.82, 2.24) is 4.98 Å². The maximum Gasteiger partial charge on any atom is 0.0802 e. The van der Waals surface area contributed by atoms with Crippen molar-refractivity contribution in [2.75, 3.05) is 31.4 Å². The van der Waals surface area contributed by atoms with Crippen molar-refractivity contribution in [2.24, 2.45) is 0 Å². The molecule has 0 atom stereocenters. The smallest absolute Gasteiger partial charge is 0.0802 e. The Morgan fingerprint density at radius 3 is 2.35 bits per heavy atom. The summed E-state index contributed by atoms with van der Waals surface area (Å²) in [5.41, 5.74) is 4.99. The van der Waals surface area contributed by atoms with E-state index in [2.05, 4.69) is 21.3 Å². The van der Waals surface area contributed by atoms with Crippen molar-refractivity contribution in [2.45, 2.75) is 0 Å². The van der Waals surface area contributed by atoms with E-state index >= 15 is 0 Å². The minimum atomic E-state index is 0.615. The molecule has 0 aliphatic carbocycles. The Bertz CT molecular complexity index is 855. The number of pyridine rings is 1. The second-order valence-electron chi connectivity index (χ2n) is 5.52. The zero-order valence-corrected chi connectivity index (χ0v) is 14.7. The molecule has 5 heteroatoms. The fourth-order valence-corrected chi connectivity index (χ4v) is 3.34. The van der Waals surface area contributed by atoms with E-state index in [0.29, 0.717) is 10.0 Å². The molecule has 0 unspecified atom stereocenters. The second kappa shape index (κ2) is 6.26. The Labute approximate surface area is 145 Å². The molecule has 3 nitrogen and oxygen atoms in total. The number of halogens is 2. The number of para-hydroxylation sites is 1. The van der Waals surface area contributed by atoms with Gasteiger partial charge >= 0.3 is 0 Å². The largest absolute Gasteiger partial charge is 0.385 e. The lowest BCUT2D eigenvalue weighted by atomic mass is 10.0. The molecule has 23 heavy (non-hydrogen) atoms. The number of anilines is 2. The van der Waals surface area contributed by atoms with Crippen molar-refractivity contribution in [3.63, 3.8) is 0 Å². The number of nitrogens with zero attached hydrogens (tertiary/aromatic N) is 2. The number of nitrogens with one attached hydrogen (secondary N) is 1. The first-order chi connectivity index (χ1) is 11.0. The maximum atomic E-state index is 6.16. The normalized spacial score (nSPS) is 10.8. The predicted octanol–water partition coefficient (Wildman–Crippen LogP) is 5.32. The highest BCUT2D eigenvalue weighted by molar-refractivity contribution is 6.35. The lowest BCUT2D eigenvalue weighted by Gasteiger charge is -2.20. The van der Waals surface area contributed by atoms with Crippen molar-refractivity contribution in [1.29, 1.82) is 0 Å². The molecule has 1 N–H and O–H groups in total. The third-order valence-electron chi connectivity index (χ3n) is 3.76. The molecule has 0 amide bonds. The van der Waals surface area contributed by atoms with Crippen molar-refractivity contribution in [3.8, 4) is 11.1 Å². The molecule has 3 aromatic rings. The average molecular weight is 346 g/mol. The van der Waals surface area contributed by atoms with Crippen LogP contribution in [0.1, 0.15) is 0 Å². The molecule has 0 saturated heterocycles. The van der Waals surface area contributed by atoms with E-state index < -0.39 is 0 Å². The fourth-order valence-electron chi connectivity index (χ4n) is 2.82. The maximum absolute atomic E-state index is 6.16. The van der Waals surface area contributed by atoms with E-state index in [9.17, 15) is 0 Å². The van der Waals surface area contributed by atoms with Gasteiger partial charge in [-0.25, -0.2) is 0 Å². The van der Waals surface area contributed by atoms with Crippen LogP contribution >= 0.6 is 23.2 Å². The molecule has 0 spiro atoms. The lowest BCUT2D eigenvalue weighted by molar-refractivity contribution is 1.13. The molecule has 0 radical (unpaired) electrons. The van der Waals surface area contributed by atoms with E-state index in [0.717, 1.165) is 33.4 Å². The van der Waals surface area contributed by atoms with Crippen LogP contribution < -0.4 is 10.2 Å². The highest BCUT2D eigenvalue weighted by Crippen LogP contribution is 2.37. The SMILES string of the molecule is CNc1cnc2c(-c3cc(Cl)cc(Cl)c3)cccc2c1N(C)C. The molecule has 2 aromatic carbocycles. The van der Waals surface area contributed by atoms with Gasteiger partial charge in [0.2, 0.25) is 0 Å². The Hall–Kier alpha value is -1.97. The zero-order valence-electron chi connectivity index (χ0n) is 13.2. The van der Waals surface area contributed by atoms with Gasteiger partial charge < -0.3 is 10.2 Å². The van der Waals surface area contributed by atoms with Gasteiger partial charge in [-0.2, -0.15) is 0 Å². The Morgan fingerprint density at radius 2 is 1.74 bits per heavy atom. The Morgan fingerprint density at radius 1 is 1.04 bits per heavy atom. The van der Waals surface area contributed by atoms with Crippen LogP contribution in [0.2, 0.25) is 10.0 Å². The van der Waals surface area contributed by atoms with Gasteiger partial charge in [0.1, 0.15) is 0 Å². The van der Waals surface area contributed by atoms with E-state index in [1.165, 1.54) is 0 Å². The highest BCUT2D eigenvalue weighted by Gasteiger charge is 2.14. The quantitative estimate of drug-likeness (QED) is 0.696. The van der Waals surface area contributed by atoms with Crippen LogP contribution in [0.3, 0.4) is 0 Å². The molecule has 0 aliphatic heterocycles. The summed E-state index contributed by atoms with van der Waals surface area (Å²) in [7, 11) is 5.95. The number of hydrogen-bond donors (Lipinski definition) is 1. The topological polar surface area (TPSA) is 28.2 Å². The van der Waals surface area contributed by atoms with Gasteiger partial charge in [0.05, 0.1) is 23.1 Å². The molecule has 3 rings (SSSR count). The number of rotatable bonds is 3. The summed E-state index contributed by atoms with van der Waals surface area (Å²) >= 11 is 12.3. The summed E-state index contributed by atoms with van der Waals surface area (Å²) in [5, 5.41) is 5.51. The third kappa shape index (κ3) is 2.94. The van der Waals surface area contributed by atoms with Crippen molar-refractivity contribution < 1.29 is 0 Å². The van der Waals surface area contributed by atoms with Crippen LogP contribution in [0.4, 0.5) is 11.4 Å². The first kappa shape index (κ1) is 15.9. The molecule has 0 fully saturated rings. The van der Waals surface area contributed by atoms with Gasteiger partial charge in [0.25, 0.3) is 0 Å². The molecule has 0 saturated carbocycles. The van der Waals surface area contributed by atoms with Gasteiger partial charge in [0.15, 0.2) is 0 Å². The third-order valence-corrected chi connectivity index (χ3v) is 4.20. The molecule has 118 valence electrons. The predicted molar refractivity (Wildman–Crippen MR) is 101 cm³/mol. The minimum absolute atomic E-state index is 0.615. The number of fused-ring (bicyclic) bond motifs is 1. The van der Waals surface area contributed by atoms with Gasteiger partial charge in [-0.1, -0.05) is 41.4 Å². The first-order valence-electron chi connectivity index (χ1n) is 7.24. The summed E-state index contributed by atoms with van der Waals surface area (Å²) in [6.45, 7) is 0. The van der Waals surface area contributed by atoms with Crippen LogP contribution in [-0.4, -0.2) is 26.1 Å². The summed E-state index contributed by atoms with van der Waals surface area (Å²) in [4.78, 5) is 6.74. The van der Waals surface area contributed by atoms with Gasteiger partial charge in [-0.15, -0.1) is 0 Å². The summed E-state index contributed by atoms with van der Waals surface area (Å²) in [6, 6.07) is 11.7. The average Bonchev–Trinajstić information content (AvgIpc) is 2.51. The molecule has 0 bridgehead atoms. The minimum Gasteiger partial charge on any atom is -0.385 e. The van der Waals surface area contributed by atoms with E-state index in [1.54, 1.807) is 6.07 Å². The zero-order chi connectivity index (χ0) is 16.6. The first-order valence-corrected chi connectivity index (χ1v) is 8.00. The van der Waals surface area contributed by atoms with Gasteiger partial charge in [-0.05, 0) is 23.8 Å². The molecular formula is C18H17Cl2N3. The monoisotopic (exact) mass is 345 g/mol. The van der Waals surface area contributed by atoms with Crippen molar-refractivity contribution in [3.05, 3.63) is 52.6 Å². The summed E-state index contributed by atoms with van der Waals surface area (Å²) < 4.78 is 0. The lowest BCUT2D eigenvalue weighted by Crippen LogP contribution is -2.12. The summed E-state index contributed by atoms with van der Waals surface area (Å²) in [5.74, 6) is 0. The van der Waals surface area contributed by atoms with E-state index in [4.69, 9.17) is 23.2 Å². The molecule has 0 aliphatic rings. The molecular weight excluding hydrogens is 329 g/mol. The van der Waals surface area contributed by atoms with Crippen molar-refractivity contribution >= 4 is 45.5 Å². The number of aromatic nitrogens is 1. The van der Waals surface area contributed by atoms with E-state index in [1.807, 2.05) is 51.6 Å². The van der Waals surface area contributed by atoms with Crippen LogP contribution in [0.5, 0.6) is 0 Å². The van der Waals surface area contributed by atoms with Gasteiger partial charge in [-0.3, -0.25) is 4.98 Å². The second-order valence-corrected chi connectivity index (χ2v) is 6.40. The molecule has 1 aromatic heterocycles. The summed E-state index contributed by atoms with van der Waals surface area (Å²) in [6.07, 6.45) is 1.85. The highest BCUT2D eigenvalue weighted by atomic mass is 35.5. The van der Waals surface area contributed by atoms with Crippen LogP contribution in [-0.2, 0) is 0 Å². The Balaban J connectivity index is 2.33. The van der Waals surface area contributed by atoms with E-state index in [-0.39, 0.29) is 0 Å². The number of benzene rings is 2. The van der Waals surface area contributed by atoms with Gasteiger partial charge in [0, 0.05) is 42.1 Å². The molecule has 1 heterocycles.